The number of hydrogen-bond acceptors (Lipinski definition) is 0. The molecule has 3 unspecified atom stereocenters. The van der Waals surface area contributed by atoms with E-state index in [-0.39, 0.29) is 0 Å². The molecule has 0 bridgehead atoms. The van der Waals surface area contributed by atoms with Crippen molar-refractivity contribution in [3.05, 3.63) is 0 Å². The Bertz CT molecular complexity index is 117. The molecule has 16 heavy (non-hydrogen) atoms. The average Bonchev–Trinajstić information content (AvgIpc) is 2.35. The molecule has 0 aliphatic heterocycles. The standard InChI is InChI=1S/C12H24.2C2H6/c1-4-6-12-9-10(3)7-8-11(12)5-2;2*1-2/h10-12H,4-9H2,1-3H3;2*1-2H3. The average molecular weight is 228 g/mol. The van der Waals surface area contributed by atoms with Crippen molar-refractivity contribution in [2.75, 3.05) is 0 Å². The summed E-state index contributed by atoms with van der Waals surface area (Å²) in [5.41, 5.74) is 0. The molecule has 0 N–H and O–H groups in total. The van der Waals surface area contributed by atoms with Crippen LogP contribution in [-0.4, -0.2) is 0 Å². The lowest BCUT2D eigenvalue weighted by Gasteiger charge is -2.34. The normalized spacial score (nSPS) is 28.3. The third-order valence-corrected chi connectivity index (χ3v) is 3.59. The molecule has 0 radical (unpaired) electrons. The highest BCUT2D eigenvalue weighted by molar-refractivity contribution is 4.77. The Morgan fingerprint density at radius 3 is 1.88 bits per heavy atom. The van der Waals surface area contributed by atoms with Crippen LogP contribution in [0.3, 0.4) is 0 Å². The van der Waals surface area contributed by atoms with Crippen LogP contribution in [0.5, 0.6) is 0 Å². The van der Waals surface area contributed by atoms with E-state index < -0.39 is 0 Å². The topological polar surface area (TPSA) is 0 Å². The third-order valence-electron chi connectivity index (χ3n) is 3.59. The first kappa shape index (κ1) is 18.4. The van der Waals surface area contributed by atoms with Gasteiger partial charge in [-0.15, -0.1) is 0 Å². The van der Waals surface area contributed by atoms with Crippen molar-refractivity contribution in [1.29, 1.82) is 0 Å². The smallest absolute Gasteiger partial charge is 0.0384 e. The lowest BCUT2D eigenvalue weighted by Crippen LogP contribution is -2.23. The fraction of sp³-hybridized carbons (Fsp3) is 1.00. The molecular weight excluding hydrogens is 192 g/mol. The molecule has 1 rings (SSSR count). The van der Waals surface area contributed by atoms with Crippen molar-refractivity contribution in [2.24, 2.45) is 17.8 Å². The van der Waals surface area contributed by atoms with Crippen molar-refractivity contribution in [3.8, 4) is 0 Å². The molecule has 1 aliphatic carbocycles. The predicted molar refractivity (Wildman–Crippen MR) is 77.9 cm³/mol. The van der Waals surface area contributed by atoms with Gasteiger partial charge < -0.3 is 0 Å². The van der Waals surface area contributed by atoms with Gasteiger partial charge in [-0.3, -0.25) is 0 Å². The van der Waals surface area contributed by atoms with Crippen LogP contribution in [0.4, 0.5) is 0 Å². The van der Waals surface area contributed by atoms with Gasteiger partial charge in [0.1, 0.15) is 0 Å². The summed E-state index contributed by atoms with van der Waals surface area (Å²) in [7, 11) is 0. The first-order valence-electron chi connectivity index (χ1n) is 7.77. The van der Waals surface area contributed by atoms with Crippen LogP contribution in [0.25, 0.3) is 0 Å². The molecule has 0 aromatic carbocycles. The Balaban J connectivity index is 0. The van der Waals surface area contributed by atoms with Gasteiger partial charge in [-0.1, -0.05) is 74.1 Å². The van der Waals surface area contributed by atoms with Gasteiger partial charge in [0, 0.05) is 0 Å². The summed E-state index contributed by atoms with van der Waals surface area (Å²) in [6, 6.07) is 0. The summed E-state index contributed by atoms with van der Waals surface area (Å²) in [6.07, 6.45) is 8.77. The van der Waals surface area contributed by atoms with E-state index >= 15 is 0 Å². The quantitative estimate of drug-likeness (QED) is 0.531. The van der Waals surface area contributed by atoms with E-state index in [2.05, 4.69) is 20.8 Å². The highest BCUT2D eigenvalue weighted by Gasteiger charge is 2.26. The Kier molecular flexibility index (Phi) is 15.0. The highest BCUT2D eigenvalue weighted by Crippen LogP contribution is 2.37. The summed E-state index contributed by atoms with van der Waals surface area (Å²) in [4.78, 5) is 0. The predicted octanol–water partition coefficient (Wildman–Crippen LogP) is 6.30. The van der Waals surface area contributed by atoms with Crippen molar-refractivity contribution >= 4 is 0 Å². The van der Waals surface area contributed by atoms with Gasteiger partial charge in [0.2, 0.25) is 0 Å². The zero-order valence-electron chi connectivity index (χ0n) is 13.0. The van der Waals surface area contributed by atoms with E-state index in [9.17, 15) is 0 Å². The van der Waals surface area contributed by atoms with E-state index in [1.165, 1.54) is 38.5 Å². The Morgan fingerprint density at radius 1 is 0.875 bits per heavy atom. The maximum absolute atomic E-state index is 2.43. The molecule has 0 aromatic rings. The van der Waals surface area contributed by atoms with Crippen molar-refractivity contribution in [2.45, 2.75) is 87.0 Å². The Morgan fingerprint density at radius 2 is 1.44 bits per heavy atom. The summed E-state index contributed by atoms with van der Waals surface area (Å²) < 4.78 is 0. The Hall–Kier alpha value is 0. The first-order valence-corrected chi connectivity index (χ1v) is 7.77. The molecule has 0 spiro atoms. The summed E-state index contributed by atoms with van der Waals surface area (Å²) in [5.74, 6) is 3.12. The number of hydrogen-bond donors (Lipinski definition) is 0. The highest BCUT2D eigenvalue weighted by atomic mass is 14.3. The minimum absolute atomic E-state index is 1.00. The molecule has 0 nitrogen and oxygen atoms in total. The van der Waals surface area contributed by atoms with Gasteiger partial charge >= 0.3 is 0 Å². The molecule has 1 aliphatic rings. The summed E-state index contributed by atoms with van der Waals surface area (Å²) >= 11 is 0. The minimum Gasteiger partial charge on any atom is -0.0683 e. The lowest BCUT2D eigenvalue weighted by molar-refractivity contribution is 0.173. The van der Waals surface area contributed by atoms with E-state index in [0.717, 1.165) is 17.8 Å². The molecule has 100 valence electrons. The molecule has 0 heterocycles. The summed E-state index contributed by atoms with van der Waals surface area (Å²) in [6.45, 7) is 15.1. The van der Waals surface area contributed by atoms with E-state index in [1.54, 1.807) is 0 Å². The van der Waals surface area contributed by atoms with Gasteiger partial charge in [-0.2, -0.15) is 0 Å². The number of rotatable bonds is 3. The van der Waals surface area contributed by atoms with Gasteiger partial charge in [-0.05, 0) is 30.6 Å². The lowest BCUT2D eigenvalue weighted by atomic mass is 9.72. The fourth-order valence-corrected chi connectivity index (χ4v) is 2.82. The summed E-state index contributed by atoms with van der Waals surface area (Å²) in [5, 5.41) is 0. The van der Waals surface area contributed by atoms with Crippen molar-refractivity contribution in [3.63, 3.8) is 0 Å². The molecule has 3 atom stereocenters. The molecule has 1 saturated carbocycles. The zero-order valence-corrected chi connectivity index (χ0v) is 13.0. The van der Waals surface area contributed by atoms with Crippen molar-refractivity contribution < 1.29 is 0 Å². The molecule has 0 heteroatoms. The molecule has 1 fully saturated rings. The second-order valence-corrected chi connectivity index (χ2v) is 4.64. The minimum atomic E-state index is 1.00. The SMILES string of the molecule is CC.CC.CCCC1CC(C)CCC1CC. The van der Waals surface area contributed by atoms with Crippen LogP contribution in [0.15, 0.2) is 0 Å². The third kappa shape index (κ3) is 7.30. The molecule has 0 amide bonds. The van der Waals surface area contributed by atoms with Gasteiger partial charge in [0.25, 0.3) is 0 Å². The van der Waals surface area contributed by atoms with Crippen LogP contribution >= 0.6 is 0 Å². The zero-order chi connectivity index (χ0) is 13.0. The van der Waals surface area contributed by atoms with Crippen LogP contribution in [0, 0.1) is 17.8 Å². The van der Waals surface area contributed by atoms with Crippen LogP contribution in [0.2, 0.25) is 0 Å². The van der Waals surface area contributed by atoms with Gasteiger partial charge in [0.15, 0.2) is 0 Å². The molecule has 0 aromatic heterocycles. The van der Waals surface area contributed by atoms with Crippen LogP contribution < -0.4 is 0 Å². The monoisotopic (exact) mass is 228 g/mol. The van der Waals surface area contributed by atoms with E-state index in [4.69, 9.17) is 0 Å². The van der Waals surface area contributed by atoms with Gasteiger partial charge in [-0.25, -0.2) is 0 Å². The van der Waals surface area contributed by atoms with Gasteiger partial charge in [0.05, 0.1) is 0 Å². The maximum Gasteiger partial charge on any atom is -0.0384 e. The van der Waals surface area contributed by atoms with Crippen molar-refractivity contribution in [1.82, 2.24) is 0 Å². The molecular formula is C16H36. The van der Waals surface area contributed by atoms with E-state index in [0.29, 0.717) is 0 Å². The van der Waals surface area contributed by atoms with E-state index in [1.807, 2.05) is 27.7 Å². The largest absolute Gasteiger partial charge is 0.0683 e. The fourth-order valence-electron chi connectivity index (χ4n) is 2.82. The first-order chi connectivity index (χ1) is 7.77. The Labute approximate surface area is 105 Å². The molecule has 0 saturated heterocycles. The maximum atomic E-state index is 2.43. The second kappa shape index (κ2) is 13.1. The van der Waals surface area contributed by atoms with Crippen LogP contribution in [-0.2, 0) is 0 Å². The van der Waals surface area contributed by atoms with Crippen LogP contribution in [0.1, 0.15) is 87.0 Å². The second-order valence-electron chi connectivity index (χ2n) is 4.64.